The largest absolute Gasteiger partial charge is 0.480 e. The highest BCUT2D eigenvalue weighted by Crippen LogP contribution is 1.90. The quantitative estimate of drug-likeness (QED) is 0.168. The van der Waals surface area contributed by atoms with Crippen molar-refractivity contribution in [3.63, 3.8) is 0 Å². The normalized spacial score (nSPS) is 11.6. The highest BCUT2D eigenvalue weighted by atomic mass is 16.5. The number of likely N-dealkylation sites (N-methyl/N-ethyl adjacent to an activating group) is 1. The van der Waals surface area contributed by atoms with E-state index in [1.807, 2.05) is 0 Å². The Balaban J connectivity index is 3.84. The van der Waals surface area contributed by atoms with Crippen LogP contribution in [0, 0.1) is 0 Å². The van der Waals surface area contributed by atoms with Crippen molar-refractivity contribution in [2.75, 3.05) is 20.2 Å². The average Bonchev–Trinajstić information content (AvgIpc) is 2.16. The fourth-order valence-corrected chi connectivity index (χ4v) is 0.754. The highest BCUT2D eigenvalue weighted by Gasteiger charge is 2.13. The van der Waals surface area contributed by atoms with Crippen LogP contribution in [0.2, 0.25) is 0 Å². The average molecular weight is 233 g/mol. The number of nitrogens with two attached hydrogens (primary N) is 3. The third kappa shape index (κ3) is 5.81. The summed E-state index contributed by atoms with van der Waals surface area (Å²) in [6.45, 7) is -0.144. The SMILES string of the molecule is C[N+](CC(=O)OCCC(N)C(=O)O)=C(N)N. The second-order valence-electron chi connectivity index (χ2n) is 3.23. The van der Waals surface area contributed by atoms with Crippen LogP contribution in [0.4, 0.5) is 0 Å². The fourth-order valence-electron chi connectivity index (χ4n) is 0.754. The van der Waals surface area contributed by atoms with Crippen LogP contribution in [-0.2, 0) is 14.3 Å². The zero-order valence-electron chi connectivity index (χ0n) is 9.05. The minimum Gasteiger partial charge on any atom is -0.480 e. The minimum absolute atomic E-state index is 0.000752. The molecule has 0 aromatic heterocycles. The Hall–Kier alpha value is -1.83. The number of carbonyl (C=O) groups excluding carboxylic acids is 1. The van der Waals surface area contributed by atoms with Gasteiger partial charge in [0.1, 0.15) is 6.04 Å². The van der Waals surface area contributed by atoms with Crippen molar-refractivity contribution in [3.05, 3.63) is 0 Å². The number of carbonyl (C=O) groups is 2. The van der Waals surface area contributed by atoms with Crippen LogP contribution in [0.15, 0.2) is 0 Å². The number of carboxylic acids is 1. The van der Waals surface area contributed by atoms with Gasteiger partial charge in [0.2, 0.25) is 0 Å². The van der Waals surface area contributed by atoms with E-state index in [9.17, 15) is 9.59 Å². The third-order valence-electron chi connectivity index (χ3n) is 1.82. The number of guanidine groups is 1. The summed E-state index contributed by atoms with van der Waals surface area (Å²) in [5.41, 5.74) is 15.6. The first-order chi connectivity index (χ1) is 7.34. The van der Waals surface area contributed by atoms with E-state index in [-0.39, 0.29) is 25.5 Å². The van der Waals surface area contributed by atoms with Gasteiger partial charge in [0.25, 0.3) is 0 Å². The minimum atomic E-state index is -1.13. The molecule has 1 atom stereocenters. The molecule has 1 unspecified atom stereocenters. The van der Waals surface area contributed by atoms with Gasteiger partial charge < -0.3 is 15.6 Å². The monoisotopic (exact) mass is 233 g/mol. The first kappa shape index (κ1) is 14.2. The van der Waals surface area contributed by atoms with Gasteiger partial charge in [0.05, 0.1) is 13.7 Å². The molecule has 8 nitrogen and oxygen atoms in total. The molecule has 8 heteroatoms. The Bertz CT molecular complexity index is 298. The van der Waals surface area contributed by atoms with E-state index < -0.39 is 18.0 Å². The van der Waals surface area contributed by atoms with Crippen molar-refractivity contribution >= 4 is 17.9 Å². The van der Waals surface area contributed by atoms with E-state index in [4.69, 9.17) is 27.0 Å². The van der Waals surface area contributed by atoms with E-state index in [0.717, 1.165) is 0 Å². The number of hydrogen-bond acceptors (Lipinski definition) is 4. The van der Waals surface area contributed by atoms with Crippen molar-refractivity contribution in [3.8, 4) is 0 Å². The number of esters is 1. The van der Waals surface area contributed by atoms with Crippen LogP contribution in [0.1, 0.15) is 6.42 Å². The second-order valence-corrected chi connectivity index (χ2v) is 3.23. The van der Waals surface area contributed by atoms with Crippen molar-refractivity contribution < 1.29 is 24.0 Å². The summed E-state index contributed by atoms with van der Waals surface area (Å²) in [6, 6.07) is -1.03. The van der Waals surface area contributed by atoms with Crippen LogP contribution in [0.5, 0.6) is 0 Å². The molecule has 0 spiro atoms. The Morgan fingerprint density at radius 2 is 2.00 bits per heavy atom. The standard InChI is InChI=1S/C8H16N4O4/c1-12(8(10)11)4-6(13)16-3-2-5(9)7(14)15/h5H,2-4,9H2,1H3,(H4,10,11,14,15)/p+1. The predicted octanol–water partition coefficient (Wildman–Crippen LogP) is -2.75. The van der Waals surface area contributed by atoms with Gasteiger partial charge in [-0.1, -0.05) is 0 Å². The molecule has 0 aromatic rings. The van der Waals surface area contributed by atoms with Crippen molar-refractivity contribution in [2.45, 2.75) is 12.5 Å². The third-order valence-corrected chi connectivity index (χ3v) is 1.82. The topological polar surface area (TPSA) is 145 Å². The lowest BCUT2D eigenvalue weighted by Gasteiger charge is -2.07. The Morgan fingerprint density at radius 1 is 1.44 bits per heavy atom. The summed E-state index contributed by atoms with van der Waals surface area (Å²) in [4.78, 5) is 21.5. The first-order valence-electron chi connectivity index (χ1n) is 4.57. The van der Waals surface area contributed by atoms with Gasteiger partial charge >= 0.3 is 17.9 Å². The molecule has 0 aliphatic heterocycles. The second kappa shape index (κ2) is 6.62. The van der Waals surface area contributed by atoms with E-state index in [1.165, 1.54) is 11.6 Å². The van der Waals surface area contributed by atoms with E-state index in [0.29, 0.717) is 0 Å². The molecule has 92 valence electrons. The molecule has 7 N–H and O–H groups in total. The van der Waals surface area contributed by atoms with Crippen LogP contribution in [-0.4, -0.2) is 53.8 Å². The number of nitrogens with zero attached hydrogens (tertiary/aromatic N) is 1. The fraction of sp³-hybridized carbons (Fsp3) is 0.625. The summed E-state index contributed by atoms with van der Waals surface area (Å²) in [6.07, 6.45) is 0.0621. The lowest BCUT2D eigenvalue weighted by Crippen LogP contribution is -2.37. The maximum Gasteiger partial charge on any atom is 0.341 e. The van der Waals surface area contributed by atoms with Gasteiger partial charge in [0, 0.05) is 6.42 Å². The smallest absolute Gasteiger partial charge is 0.341 e. The number of rotatable bonds is 6. The number of ether oxygens (including phenoxy) is 1. The van der Waals surface area contributed by atoms with E-state index in [2.05, 4.69) is 0 Å². The summed E-state index contributed by atoms with van der Waals surface area (Å²) in [5, 5.41) is 8.46. The van der Waals surface area contributed by atoms with Crippen molar-refractivity contribution in [1.82, 2.24) is 0 Å². The van der Waals surface area contributed by atoms with Crippen LogP contribution < -0.4 is 17.2 Å². The highest BCUT2D eigenvalue weighted by molar-refractivity contribution is 5.75. The maximum absolute atomic E-state index is 11.1. The zero-order chi connectivity index (χ0) is 12.7. The van der Waals surface area contributed by atoms with Crippen molar-refractivity contribution in [2.24, 2.45) is 17.2 Å². The molecular formula is C8H17N4O4+. The first-order valence-corrected chi connectivity index (χ1v) is 4.57. The van der Waals surface area contributed by atoms with Crippen LogP contribution >= 0.6 is 0 Å². The Morgan fingerprint density at radius 3 is 2.44 bits per heavy atom. The zero-order valence-corrected chi connectivity index (χ0v) is 9.05. The van der Waals surface area contributed by atoms with Gasteiger partial charge in [-0.3, -0.25) is 20.8 Å². The van der Waals surface area contributed by atoms with Gasteiger partial charge in [-0.05, 0) is 0 Å². The molecule has 0 radical (unpaired) electrons. The molecule has 0 aliphatic rings. The van der Waals surface area contributed by atoms with Gasteiger partial charge in [0.15, 0.2) is 6.54 Å². The molecule has 0 aromatic carbocycles. The summed E-state index contributed by atoms with van der Waals surface area (Å²) >= 11 is 0. The van der Waals surface area contributed by atoms with E-state index in [1.54, 1.807) is 0 Å². The molecule has 0 bridgehead atoms. The molecule has 0 rings (SSSR count). The van der Waals surface area contributed by atoms with Gasteiger partial charge in [-0.15, -0.1) is 0 Å². The summed E-state index contributed by atoms with van der Waals surface area (Å²) in [5.74, 6) is -1.68. The van der Waals surface area contributed by atoms with Crippen molar-refractivity contribution in [1.29, 1.82) is 0 Å². The molecule has 0 aliphatic carbocycles. The Labute approximate surface area is 92.6 Å². The molecule has 0 saturated carbocycles. The predicted molar refractivity (Wildman–Crippen MR) is 55.6 cm³/mol. The molecule has 0 heterocycles. The number of carboxylic acid groups (broad SMARTS) is 1. The summed E-state index contributed by atoms with van der Waals surface area (Å²) < 4.78 is 6.04. The van der Waals surface area contributed by atoms with Crippen LogP contribution in [0.25, 0.3) is 0 Å². The maximum atomic E-state index is 11.1. The lowest BCUT2D eigenvalue weighted by molar-refractivity contribution is -0.489. The molecule has 16 heavy (non-hydrogen) atoms. The lowest BCUT2D eigenvalue weighted by atomic mass is 10.2. The van der Waals surface area contributed by atoms with Gasteiger partial charge in [-0.2, -0.15) is 0 Å². The molecule has 0 amide bonds. The Kier molecular flexibility index (Phi) is 5.86. The van der Waals surface area contributed by atoms with E-state index >= 15 is 0 Å². The van der Waals surface area contributed by atoms with Crippen LogP contribution in [0.3, 0.4) is 0 Å². The molecule has 0 saturated heterocycles. The van der Waals surface area contributed by atoms with Gasteiger partial charge in [-0.25, -0.2) is 4.79 Å². The number of aliphatic carboxylic acids is 1. The molecule has 0 fully saturated rings. The number of hydrogen-bond donors (Lipinski definition) is 4. The summed E-state index contributed by atoms with van der Waals surface area (Å²) in [7, 11) is 1.53. The molecular weight excluding hydrogens is 216 g/mol.